The first kappa shape index (κ1) is 9.71. The minimum absolute atomic E-state index is 0.127. The maximum absolute atomic E-state index is 13.6. The van der Waals surface area contributed by atoms with Crippen LogP contribution in [0.1, 0.15) is 29.9 Å². The Bertz CT molecular complexity index is 371. The monoisotopic (exact) mass is 217 g/mol. The summed E-state index contributed by atoms with van der Waals surface area (Å²) in [6, 6.07) is 0. The molecule has 0 bridgehead atoms. The van der Waals surface area contributed by atoms with Gasteiger partial charge in [0.25, 0.3) is 0 Å². The van der Waals surface area contributed by atoms with E-state index in [9.17, 15) is 8.78 Å². The van der Waals surface area contributed by atoms with Gasteiger partial charge in [0.15, 0.2) is 5.82 Å². The summed E-state index contributed by atoms with van der Waals surface area (Å²) in [4.78, 5) is 0. The minimum atomic E-state index is -0.585. The van der Waals surface area contributed by atoms with E-state index in [-0.39, 0.29) is 16.6 Å². The second-order valence-corrected chi connectivity index (χ2v) is 4.05. The normalized spacial score (nSPS) is 16.0. The van der Waals surface area contributed by atoms with Gasteiger partial charge in [0.2, 0.25) is 0 Å². The summed E-state index contributed by atoms with van der Waals surface area (Å²) in [6.07, 6.45) is 1.80. The molecule has 1 aromatic rings. The first-order valence-corrected chi connectivity index (χ1v) is 4.84. The Labute approximate surface area is 85.9 Å². The lowest BCUT2D eigenvalue weighted by molar-refractivity contribution is 0.582. The van der Waals surface area contributed by atoms with Crippen molar-refractivity contribution in [3.8, 4) is 0 Å². The summed E-state index contributed by atoms with van der Waals surface area (Å²) in [6.45, 7) is 1.54. The van der Waals surface area contributed by atoms with E-state index in [0.29, 0.717) is 11.1 Å². The third-order valence-electron chi connectivity index (χ3n) is 2.62. The quantitative estimate of drug-likeness (QED) is 0.566. The van der Waals surface area contributed by atoms with E-state index < -0.39 is 11.6 Å². The van der Waals surface area contributed by atoms with Gasteiger partial charge in [-0.15, -0.1) is 0 Å². The molecule has 1 fully saturated rings. The molecule has 1 saturated carbocycles. The molecule has 4 heteroatoms. The molecule has 1 aliphatic rings. The van der Waals surface area contributed by atoms with Gasteiger partial charge in [-0.2, -0.15) is 0 Å². The van der Waals surface area contributed by atoms with Crippen molar-refractivity contribution in [1.82, 2.24) is 0 Å². The molecule has 1 nitrogen and oxygen atoms in total. The van der Waals surface area contributed by atoms with Crippen molar-refractivity contribution in [2.24, 2.45) is 0 Å². The SMILES string of the molecule is Cc1c(F)c(N)c(Cl)c(F)c1C1CC1. The van der Waals surface area contributed by atoms with Gasteiger partial charge >= 0.3 is 0 Å². The van der Waals surface area contributed by atoms with Crippen molar-refractivity contribution in [1.29, 1.82) is 0 Å². The largest absolute Gasteiger partial charge is 0.395 e. The number of hydrogen-bond donors (Lipinski definition) is 1. The molecule has 2 N–H and O–H groups in total. The molecule has 0 amide bonds. The Morgan fingerprint density at radius 2 is 1.86 bits per heavy atom. The van der Waals surface area contributed by atoms with Crippen LogP contribution in [0.5, 0.6) is 0 Å². The highest BCUT2D eigenvalue weighted by atomic mass is 35.5. The lowest BCUT2D eigenvalue weighted by Crippen LogP contribution is -2.03. The molecule has 0 saturated heterocycles. The van der Waals surface area contributed by atoms with E-state index in [1.54, 1.807) is 6.92 Å². The minimum Gasteiger partial charge on any atom is -0.395 e. The first-order chi connectivity index (χ1) is 6.54. The molecule has 0 aromatic heterocycles. The van der Waals surface area contributed by atoms with Crippen LogP contribution in [0.3, 0.4) is 0 Å². The molecule has 0 unspecified atom stereocenters. The first-order valence-electron chi connectivity index (χ1n) is 4.46. The molecule has 0 radical (unpaired) electrons. The molecule has 0 aliphatic heterocycles. The fourth-order valence-corrected chi connectivity index (χ4v) is 1.86. The zero-order valence-electron chi connectivity index (χ0n) is 7.70. The highest BCUT2D eigenvalue weighted by Crippen LogP contribution is 2.46. The molecule has 76 valence electrons. The van der Waals surface area contributed by atoms with Gasteiger partial charge < -0.3 is 5.73 Å². The fourth-order valence-electron chi connectivity index (χ4n) is 1.68. The standard InChI is InChI=1S/C10H10ClF2N/c1-4-6(5-2-3-5)9(13)7(11)10(14)8(4)12/h5H,2-3,14H2,1H3. The lowest BCUT2D eigenvalue weighted by Gasteiger charge is -2.11. The number of nitrogens with two attached hydrogens (primary N) is 1. The summed E-state index contributed by atoms with van der Waals surface area (Å²) >= 11 is 5.59. The van der Waals surface area contributed by atoms with Gasteiger partial charge in [-0.05, 0) is 36.8 Å². The van der Waals surface area contributed by atoms with Crippen LogP contribution in [-0.4, -0.2) is 0 Å². The highest BCUT2D eigenvalue weighted by molar-refractivity contribution is 6.33. The molecule has 2 rings (SSSR count). The van der Waals surface area contributed by atoms with Gasteiger partial charge in [-0.1, -0.05) is 11.6 Å². The third kappa shape index (κ3) is 1.27. The van der Waals surface area contributed by atoms with Gasteiger partial charge in [-0.25, -0.2) is 8.78 Å². The van der Waals surface area contributed by atoms with Crippen molar-refractivity contribution < 1.29 is 8.78 Å². The van der Waals surface area contributed by atoms with Crippen molar-refractivity contribution in [2.45, 2.75) is 25.7 Å². The van der Waals surface area contributed by atoms with Crippen LogP contribution in [0, 0.1) is 18.6 Å². The number of nitrogen functional groups attached to an aromatic ring is 1. The van der Waals surface area contributed by atoms with Crippen molar-refractivity contribution >= 4 is 17.3 Å². The average molecular weight is 218 g/mol. The number of rotatable bonds is 1. The van der Waals surface area contributed by atoms with E-state index in [1.807, 2.05) is 0 Å². The zero-order valence-corrected chi connectivity index (χ0v) is 8.46. The van der Waals surface area contributed by atoms with Crippen molar-refractivity contribution in [3.63, 3.8) is 0 Å². The van der Waals surface area contributed by atoms with E-state index >= 15 is 0 Å². The van der Waals surface area contributed by atoms with E-state index in [0.717, 1.165) is 12.8 Å². The predicted molar refractivity (Wildman–Crippen MR) is 52.5 cm³/mol. The van der Waals surface area contributed by atoms with E-state index in [4.69, 9.17) is 17.3 Å². The topological polar surface area (TPSA) is 26.0 Å². The van der Waals surface area contributed by atoms with Crippen LogP contribution < -0.4 is 5.73 Å². The van der Waals surface area contributed by atoms with Crippen molar-refractivity contribution in [3.05, 3.63) is 27.8 Å². The second-order valence-electron chi connectivity index (χ2n) is 3.67. The van der Waals surface area contributed by atoms with Crippen LogP contribution in [0.4, 0.5) is 14.5 Å². The summed E-state index contributed by atoms with van der Waals surface area (Å²) in [5.41, 5.74) is 5.74. The Hall–Kier alpha value is -0.830. The summed E-state index contributed by atoms with van der Waals surface area (Å²) in [5.74, 6) is -1.01. The lowest BCUT2D eigenvalue weighted by atomic mass is 10.0. The zero-order chi connectivity index (χ0) is 10.5. The van der Waals surface area contributed by atoms with Gasteiger partial charge in [-0.3, -0.25) is 0 Å². The molecule has 0 spiro atoms. The van der Waals surface area contributed by atoms with Crippen LogP contribution in [-0.2, 0) is 0 Å². The number of halogens is 3. The number of anilines is 1. The Balaban J connectivity index is 2.69. The average Bonchev–Trinajstić information content (AvgIpc) is 2.96. The predicted octanol–water partition coefficient (Wildman–Crippen LogP) is 3.39. The van der Waals surface area contributed by atoms with Crippen LogP contribution in [0.25, 0.3) is 0 Å². The molecule has 14 heavy (non-hydrogen) atoms. The molecule has 0 atom stereocenters. The van der Waals surface area contributed by atoms with E-state index in [1.165, 1.54) is 0 Å². The summed E-state index contributed by atoms with van der Waals surface area (Å²) in [5, 5.41) is -0.282. The third-order valence-corrected chi connectivity index (χ3v) is 2.99. The Morgan fingerprint density at radius 3 is 2.36 bits per heavy atom. The van der Waals surface area contributed by atoms with Gasteiger partial charge in [0, 0.05) is 0 Å². The van der Waals surface area contributed by atoms with Crippen molar-refractivity contribution in [2.75, 3.05) is 5.73 Å². The molecular formula is C10H10ClF2N. The maximum Gasteiger partial charge on any atom is 0.151 e. The maximum atomic E-state index is 13.6. The highest BCUT2D eigenvalue weighted by Gasteiger charge is 2.31. The Kier molecular flexibility index (Phi) is 2.14. The molecular weight excluding hydrogens is 208 g/mol. The van der Waals surface area contributed by atoms with Gasteiger partial charge in [0.1, 0.15) is 10.8 Å². The summed E-state index contributed by atoms with van der Waals surface area (Å²) < 4.78 is 27.1. The Morgan fingerprint density at radius 1 is 1.29 bits per heavy atom. The smallest absolute Gasteiger partial charge is 0.151 e. The molecule has 0 heterocycles. The molecule has 1 aromatic carbocycles. The molecule has 1 aliphatic carbocycles. The van der Waals surface area contributed by atoms with Crippen LogP contribution >= 0.6 is 11.6 Å². The van der Waals surface area contributed by atoms with Crippen LogP contribution in [0.15, 0.2) is 0 Å². The fraction of sp³-hybridized carbons (Fsp3) is 0.400. The second kappa shape index (κ2) is 3.09. The number of benzene rings is 1. The summed E-state index contributed by atoms with van der Waals surface area (Å²) in [7, 11) is 0. The van der Waals surface area contributed by atoms with Crippen LogP contribution in [0.2, 0.25) is 5.02 Å². The van der Waals surface area contributed by atoms with E-state index in [2.05, 4.69) is 0 Å². The number of hydrogen-bond acceptors (Lipinski definition) is 1. The van der Waals surface area contributed by atoms with Gasteiger partial charge in [0.05, 0.1) is 5.69 Å².